The molecule has 0 spiro atoms. The van der Waals surface area contributed by atoms with E-state index in [0.29, 0.717) is 29.2 Å². The van der Waals surface area contributed by atoms with Crippen LogP contribution in [0.25, 0.3) is 0 Å². The van der Waals surface area contributed by atoms with Crippen molar-refractivity contribution in [2.24, 2.45) is 0 Å². The normalized spacial score (nSPS) is 12.8. The van der Waals surface area contributed by atoms with Gasteiger partial charge < -0.3 is 14.2 Å². The lowest BCUT2D eigenvalue weighted by Crippen LogP contribution is -2.33. The second-order valence-corrected chi connectivity index (χ2v) is 6.27. The van der Waals surface area contributed by atoms with Crippen molar-refractivity contribution in [2.45, 2.75) is 6.92 Å². The van der Waals surface area contributed by atoms with Crippen molar-refractivity contribution in [3.8, 4) is 11.5 Å². The Morgan fingerprint density at radius 2 is 1.75 bits per heavy atom. The number of fused-ring (bicyclic) bond motifs is 1. The largest absolute Gasteiger partial charge is 0.493 e. The van der Waals surface area contributed by atoms with Crippen molar-refractivity contribution >= 4 is 29.4 Å². The number of amides is 2. The predicted octanol–water partition coefficient (Wildman–Crippen LogP) is 3.20. The van der Waals surface area contributed by atoms with E-state index in [9.17, 15) is 14.4 Å². The summed E-state index contributed by atoms with van der Waals surface area (Å²) in [6, 6.07) is 9.44. The number of carbonyl (C=O) groups is 3. The third kappa shape index (κ3) is 3.66. The van der Waals surface area contributed by atoms with Crippen LogP contribution in [-0.4, -0.2) is 49.6 Å². The van der Waals surface area contributed by atoms with Crippen LogP contribution in [0, 0.1) is 0 Å². The maximum absolute atomic E-state index is 12.3. The van der Waals surface area contributed by atoms with Gasteiger partial charge in [-0.3, -0.25) is 14.5 Å². The SMILES string of the molecule is CCOc1c(Cl)cc(C(=O)OCCN2C(=O)c3ccccc3C2=O)cc1OC. The first-order valence-electron chi connectivity index (χ1n) is 8.60. The van der Waals surface area contributed by atoms with Gasteiger partial charge in [0.1, 0.15) is 6.61 Å². The summed E-state index contributed by atoms with van der Waals surface area (Å²) in [6.07, 6.45) is 0. The van der Waals surface area contributed by atoms with Crippen molar-refractivity contribution in [1.29, 1.82) is 0 Å². The molecule has 0 saturated carbocycles. The average molecular weight is 404 g/mol. The molecule has 0 saturated heterocycles. The lowest BCUT2D eigenvalue weighted by molar-refractivity contribution is 0.0420. The number of halogens is 1. The highest BCUT2D eigenvalue weighted by Crippen LogP contribution is 2.36. The molecule has 2 aromatic rings. The van der Waals surface area contributed by atoms with Crippen LogP contribution in [0.4, 0.5) is 0 Å². The molecular formula is C20H18ClNO6. The monoisotopic (exact) mass is 403 g/mol. The molecule has 2 aromatic carbocycles. The number of hydrogen-bond donors (Lipinski definition) is 0. The number of methoxy groups -OCH3 is 1. The highest BCUT2D eigenvalue weighted by atomic mass is 35.5. The van der Waals surface area contributed by atoms with Gasteiger partial charge in [-0.15, -0.1) is 0 Å². The molecule has 3 rings (SSSR count). The van der Waals surface area contributed by atoms with Gasteiger partial charge in [-0.2, -0.15) is 0 Å². The van der Waals surface area contributed by atoms with Crippen molar-refractivity contribution in [3.63, 3.8) is 0 Å². The van der Waals surface area contributed by atoms with E-state index in [0.717, 1.165) is 4.90 Å². The Morgan fingerprint density at radius 3 is 2.32 bits per heavy atom. The predicted molar refractivity (Wildman–Crippen MR) is 101 cm³/mol. The third-order valence-electron chi connectivity index (χ3n) is 4.18. The Bertz CT molecular complexity index is 907. The second-order valence-electron chi connectivity index (χ2n) is 5.87. The fraction of sp³-hybridized carbons (Fsp3) is 0.250. The lowest BCUT2D eigenvalue weighted by atomic mass is 10.1. The summed E-state index contributed by atoms with van der Waals surface area (Å²) in [4.78, 5) is 38.0. The van der Waals surface area contributed by atoms with Crippen LogP contribution in [0.15, 0.2) is 36.4 Å². The molecule has 2 amide bonds. The average Bonchev–Trinajstić information content (AvgIpc) is 2.94. The van der Waals surface area contributed by atoms with E-state index in [1.54, 1.807) is 31.2 Å². The quantitative estimate of drug-likeness (QED) is 0.521. The maximum Gasteiger partial charge on any atom is 0.338 e. The molecule has 0 unspecified atom stereocenters. The van der Waals surface area contributed by atoms with Gasteiger partial charge in [-0.1, -0.05) is 23.7 Å². The number of carbonyl (C=O) groups excluding carboxylic acids is 3. The van der Waals surface area contributed by atoms with Crippen LogP contribution in [0.2, 0.25) is 5.02 Å². The van der Waals surface area contributed by atoms with Crippen molar-refractivity contribution in [1.82, 2.24) is 4.90 Å². The topological polar surface area (TPSA) is 82.1 Å². The van der Waals surface area contributed by atoms with E-state index in [1.807, 2.05) is 0 Å². The van der Waals surface area contributed by atoms with E-state index in [4.69, 9.17) is 25.8 Å². The van der Waals surface area contributed by atoms with E-state index < -0.39 is 17.8 Å². The van der Waals surface area contributed by atoms with Crippen LogP contribution in [0.5, 0.6) is 11.5 Å². The number of hydrogen-bond acceptors (Lipinski definition) is 6. The lowest BCUT2D eigenvalue weighted by Gasteiger charge is -2.15. The fourth-order valence-corrected chi connectivity index (χ4v) is 3.14. The van der Waals surface area contributed by atoms with Gasteiger partial charge in [-0.05, 0) is 31.2 Å². The van der Waals surface area contributed by atoms with Crippen LogP contribution in [-0.2, 0) is 4.74 Å². The number of benzene rings is 2. The van der Waals surface area contributed by atoms with Gasteiger partial charge in [0, 0.05) is 0 Å². The minimum atomic E-state index is -0.653. The number of imide groups is 1. The van der Waals surface area contributed by atoms with Crippen LogP contribution < -0.4 is 9.47 Å². The Labute approximate surface area is 166 Å². The summed E-state index contributed by atoms with van der Waals surface area (Å²) in [7, 11) is 1.44. The summed E-state index contributed by atoms with van der Waals surface area (Å²) in [5.74, 6) is -0.805. The second kappa shape index (κ2) is 8.31. The first kappa shape index (κ1) is 19.7. The highest BCUT2D eigenvalue weighted by molar-refractivity contribution is 6.32. The number of rotatable bonds is 7. The molecule has 1 aliphatic heterocycles. The third-order valence-corrected chi connectivity index (χ3v) is 4.46. The summed E-state index contributed by atoms with van der Waals surface area (Å²) in [5.41, 5.74) is 0.872. The van der Waals surface area contributed by atoms with Crippen LogP contribution in [0.1, 0.15) is 38.0 Å². The first-order valence-corrected chi connectivity index (χ1v) is 8.98. The number of ether oxygens (including phenoxy) is 3. The molecule has 0 N–H and O–H groups in total. The number of esters is 1. The Hall–Kier alpha value is -3.06. The zero-order chi connectivity index (χ0) is 20.3. The van der Waals surface area contributed by atoms with Crippen LogP contribution in [0.3, 0.4) is 0 Å². The first-order chi connectivity index (χ1) is 13.5. The van der Waals surface area contributed by atoms with Gasteiger partial charge in [0.2, 0.25) is 0 Å². The van der Waals surface area contributed by atoms with Gasteiger partial charge >= 0.3 is 5.97 Å². The molecule has 0 fully saturated rings. The molecule has 0 radical (unpaired) electrons. The molecule has 1 aliphatic rings. The summed E-state index contributed by atoms with van der Waals surface area (Å²) < 4.78 is 15.8. The summed E-state index contributed by atoms with van der Waals surface area (Å²) in [5, 5.41) is 0.216. The van der Waals surface area contributed by atoms with Crippen LogP contribution >= 0.6 is 11.6 Å². The smallest absolute Gasteiger partial charge is 0.338 e. The van der Waals surface area contributed by atoms with Gasteiger partial charge in [-0.25, -0.2) is 4.79 Å². The minimum absolute atomic E-state index is 0.0417. The van der Waals surface area contributed by atoms with Gasteiger partial charge in [0.25, 0.3) is 11.8 Å². The van der Waals surface area contributed by atoms with Crippen molar-refractivity contribution in [2.75, 3.05) is 26.9 Å². The van der Waals surface area contributed by atoms with E-state index in [-0.39, 0.29) is 23.7 Å². The Kier molecular flexibility index (Phi) is 5.84. The Balaban J connectivity index is 1.65. The molecule has 7 nitrogen and oxygen atoms in total. The van der Waals surface area contributed by atoms with E-state index >= 15 is 0 Å². The molecule has 0 aromatic heterocycles. The van der Waals surface area contributed by atoms with E-state index in [1.165, 1.54) is 19.2 Å². The summed E-state index contributed by atoms with van der Waals surface area (Å²) in [6.45, 7) is 2.01. The maximum atomic E-state index is 12.3. The zero-order valence-electron chi connectivity index (χ0n) is 15.4. The summed E-state index contributed by atoms with van der Waals surface area (Å²) >= 11 is 6.15. The molecular weight excluding hydrogens is 386 g/mol. The highest BCUT2D eigenvalue weighted by Gasteiger charge is 2.34. The minimum Gasteiger partial charge on any atom is -0.493 e. The standard InChI is InChI=1S/C20H18ClNO6/c1-3-27-17-15(21)10-12(11-16(17)26-2)20(25)28-9-8-22-18(23)13-6-4-5-7-14(13)19(22)24/h4-7,10-11H,3,8-9H2,1-2H3. The molecule has 0 bridgehead atoms. The molecule has 0 atom stereocenters. The molecule has 8 heteroatoms. The Morgan fingerprint density at radius 1 is 1.11 bits per heavy atom. The van der Waals surface area contributed by atoms with Gasteiger partial charge in [0.05, 0.1) is 42.0 Å². The molecule has 1 heterocycles. The zero-order valence-corrected chi connectivity index (χ0v) is 16.1. The molecule has 146 valence electrons. The number of nitrogens with zero attached hydrogens (tertiary/aromatic N) is 1. The fourth-order valence-electron chi connectivity index (χ4n) is 2.88. The van der Waals surface area contributed by atoms with E-state index in [2.05, 4.69) is 0 Å². The van der Waals surface area contributed by atoms with Gasteiger partial charge in [0.15, 0.2) is 11.5 Å². The van der Waals surface area contributed by atoms with Crippen molar-refractivity contribution < 1.29 is 28.6 Å². The van der Waals surface area contributed by atoms with Crippen molar-refractivity contribution in [3.05, 3.63) is 58.1 Å². The molecule has 0 aliphatic carbocycles. The molecule has 28 heavy (non-hydrogen) atoms.